The number of phenols is 1. The Morgan fingerprint density at radius 1 is 1.12 bits per heavy atom. The lowest BCUT2D eigenvalue weighted by atomic mass is 9.78. The number of carbonyl (C=O) groups is 1. The molecular weight excluding hydrogens is 320 g/mol. The van der Waals surface area contributed by atoms with Crippen LogP contribution in [0, 0.1) is 0 Å². The number of carbonyl (C=O) groups excluding carboxylic acids is 1. The van der Waals surface area contributed by atoms with Gasteiger partial charge in [0.05, 0.1) is 11.9 Å². The maximum atomic E-state index is 11.4. The highest BCUT2D eigenvalue weighted by molar-refractivity contribution is 7.81. The number of phenolic OH excluding ortho intramolecular Hbond substituents is 1. The van der Waals surface area contributed by atoms with Crippen LogP contribution >= 0.6 is 12.6 Å². The third-order valence-corrected chi connectivity index (χ3v) is 4.19. The van der Waals surface area contributed by atoms with Crippen molar-refractivity contribution in [1.82, 2.24) is 0 Å². The maximum absolute atomic E-state index is 11.4. The minimum atomic E-state index is -0.390. The zero-order chi connectivity index (χ0) is 18.7. The number of rotatable bonds is 5. The lowest BCUT2D eigenvalue weighted by Gasteiger charge is -2.28. The van der Waals surface area contributed by atoms with Crippen LogP contribution in [0.3, 0.4) is 0 Å². The summed E-state index contributed by atoms with van der Waals surface area (Å²) in [4.78, 5) is 11.4. The Kier molecular flexibility index (Phi) is 6.80. The van der Waals surface area contributed by atoms with E-state index in [0.717, 1.165) is 29.5 Å². The van der Waals surface area contributed by atoms with Crippen molar-refractivity contribution in [2.75, 3.05) is 6.61 Å². The largest absolute Gasteiger partial charge is 0.507 e. The van der Waals surface area contributed by atoms with Crippen LogP contribution in [0.1, 0.15) is 71.6 Å². The summed E-state index contributed by atoms with van der Waals surface area (Å²) in [6, 6.07) is 4.15. The van der Waals surface area contributed by atoms with E-state index in [1.165, 1.54) is 0 Å². The quantitative estimate of drug-likeness (QED) is 0.455. The summed E-state index contributed by atoms with van der Waals surface area (Å²) >= 11 is 4.06. The molecule has 1 N–H and O–H groups in total. The Morgan fingerprint density at radius 2 is 1.58 bits per heavy atom. The molecule has 1 aromatic rings. The molecule has 0 heterocycles. The van der Waals surface area contributed by atoms with E-state index < -0.39 is 5.25 Å². The Hall–Kier alpha value is -1.16. The fourth-order valence-electron chi connectivity index (χ4n) is 2.55. The van der Waals surface area contributed by atoms with Crippen molar-refractivity contribution in [3.8, 4) is 5.75 Å². The number of aromatic hydroxyl groups is 1. The molecule has 4 heteroatoms. The van der Waals surface area contributed by atoms with Gasteiger partial charge in [0.2, 0.25) is 0 Å². The summed E-state index contributed by atoms with van der Waals surface area (Å²) < 4.78 is 5.18. The van der Waals surface area contributed by atoms with E-state index in [1.807, 2.05) is 0 Å². The summed E-state index contributed by atoms with van der Waals surface area (Å²) in [6.45, 7) is 14.7. The van der Waals surface area contributed by atoms with E-state index in [-0.39, 0.29) is 16.8 Å². The predicted molar refractivity (Wildman–Crippen MR) is 103 cm³/mol. The van der Waals surface area contributed by atoms with E-state index in [2.05, 4.69) is 66.3 Å². The van der Waals surface area contributed by atoms with Gasteiger partial charge < -0.3 is 9.84 Å². The zero-order valence-electron chi connectivity index (χ0n) is 16.1. The average molecular weight is 353 g/mol. The number of hydrogen-bond acceptors (Lipinski definition) is 4. The number of ether oxygens (including phenoxy) is 1. The van der Waals surface area contributed by atoms with Crippen molar-refractivity contribution in [3.63, 3.8) is 0 Å². The van der Waals surface area contributed by atoms with Gasteiger partial charge in [-0.05, 0) is 47.3 Å². The Balaban J connectivity index is 2.97. The zero-order valence-corrected chi connectivity index (χ0v) is 17.0. The van der Waals surface area contributed by atoms with Gasteiger partial charge in [0.1, 0.15) is 5.75 Å². The van der Waals surface area contributed by atoms with Crippen molar-refractivity contribution in [3.05, 3.63) is 28.8 Å². The smallest absolute Gasteiger partial charge is 0.318 e. The van der Waals surface area contributed by atoms with Gasteiger partial charge in [-0.25, -0.2) is 0 Å². The number of esters is 1. The maximum Gasteiger partial charge on any atom is 0.318 e. The SMILES string of the molecule is CC(S)C(=O)OCCCc1cc(C(C)(C)C)c(O)c(C(C)(C)C)c1. The minimum Gasteiger partial charge on any atom is -0.507 e. The first-order chi connectivity index (χ1) is 10.8. The second-order valence-electron chi connectivity index (χ2n) is 8.49. The second-order valence-corrected chi connectivity index (χ2v) is 9.26. The number of thiol groups is 1. The average Bonchev–Trinajstić information content (AvgIpc) is 2.41. The highest BCUT2D eigenvalue weighted by Gasteiger charge is 2.26. The highest BCUT2D eigenvalue weighted by atomic mass is 32.1. The second kappa shape index (κ2) is 7.81. The first kappa shape index (κ1) is 20.9. The van der Waals surface area contributed by atoms with Gasteiger partial charge in [-0.1, -0.05) is 53.7 Å². The third-order valence-electron chi connectivity index (χ3n) is 3.98. The summed E-state index contributed by atoms with van der Waals surface area (Å²) in [5.41, 5.74) is 2.83. The molecule has 0 aromatic heterocycles. The van der Waals surface area contributed by atoms with Crippen molar-refractivity contribution >= 4 is 18.6 Å². The van der Waals surface area contributed by atoms with Crippen LogP contribution in [0.15, 0.2) is 12.1 Å². The van der Waals surface area contributed by atoms with E-state index in [0.29, 0.717) is 12.4 Å². The van der Waals surface area contributed by atoms with E-state index in [1.54, 1.807) is 6.92 Å². The molecule has 1 atom stereocenters. The highest BCUT2D eigenvalue weighted by Crippen LogP contribution is 2.39. The molecule has 0 aliphatic carbocycles. The Morgan fingerprint density at radius 3 is 1.96 bits per heavy atom. The molecule has 1 unspecified atom stereocenters. The predicted octanol–water partition coefficient (Wildman–Crippen LogP) is 4.78. The lowest BCUT2D eigenvalue weighted by molar-refractivity contribution is -0.142. The topological polar surface area (TPSA) is 46.5 Å². The molecule has 0 saturated carbocycles. The van der Waals surface area contributed by atoms with Crippen molar-refractivity contribution in [1.29, 1.82) is 0 Å². The van der Waals surface area contributed by atoms with Crippen LogP contribution in [-0.4, -0.2) is 22.9 Å². The van der Waals surface area contributed by atoms with Gasteiger partial charge in [-0.15, -0.1) is 0 Å². The standard InChI is InChI=1S/C20H32O3S/c1-13(24)18(22)23-10-8-9-14-11-15(19(2,3)4)17(21)16(12-14)20(5,6)7/h11-13,21,24H,8-10H2,1-7H3. The van der Waals surface area contributed by atoms with Crippen LogP contribution in [0.4, 0.5) is 0 Å². The molecule has 136 valence electrons. The van der Waals surface area contributed by atoms with Crippen LogP contribution < -0.4 is 0 Å². The van der Waals surface area contributed by atoms with Crippen molar-refractivity contribution in [2.45, 2.75) is 77.4 Å². The van der Waals surface area contributed by atoms with E-state index in [9.17, 15) is 9.90 Å². The molecule has 24 heavy (non-hydrogen) atoms. The van der Waals surface area contributed by atoms with Crippen LogP contribution in [0.2, 0.25) is 0 Å². The number of benzene rings is 1. The third kappa shape index (κ3) is 5.73. The molecule has 0 saturated heterocycles. The van der Waals surface area contributed by atoms with Crippen LogP contribution in [-0.2, 0) is 26.8 Å². The molecular formula is C20H32O3S. The Labute approximate surface area is 152 Å². The summed E-state index contributed by atoms with van der Waals surface area (Å²) in [5.74, 6) is 0.115. The normalized spacial score (nSPS) is 13.7. The molecule has 0 spiro atoms. The van der Waals surface area contributed by atoms with Gasteiger partial charge in [0.25, 0.3) is 0 Å². The van der Waals surface area contributed by atoms with E-state index >= 15 is 0 Å². The van der Waals surface area contributed by atoms with Crippen molar-refractivity contribution in [2.24, 2.45) is 0 Å². The first-order valence-corrected chi connectivity index (χ1v) is 9.07. The summed E-state index contributed by atoms with van der Waals surface area (Å²) in [7, 11) is 0. The lowest BCUT2D eigenvalue weighted by Crippen LogP contribution is -2.18. The van der Waals surface area contributed by atoms with Crippen LogP contribution in [0.25, 0.3) is 0 Å². The van der Waals surface area contributed by atoms with Gasteiger partial charge in [-0.2, -0.15) is 12.6 Å². The minimum absolute atomic E-state index is 0.131. The molecule has 0 amide bonds. The number of hydrogen-bond donors (Lipinski definition) is 2. The molecule has 3 nitrogen and oxygen atoms in total. The fourth-order valence-corrected chi connectivity index (χ4v) is 2.63. The summed E-state index contributed by atoms with van der Waals surface area (Å²) in [5, 5.41) is 10.3. The van der Waals surface area contributed by atoms with Gasteiger partial charge in [-0.3, -0.25) is 4.79 Å². The van der Waals surface area contributed by atoms with Crippen LogP contribution in [0.5, 0.6) is 5.75 Å². The first-order valence-electron chi connectivity index (χ1n) is 8.55. The Bertz CT molecular complexity index is 543. The molecule has 0 radical (unpaired) electrons. The molecule has 0 aliphatic heterocycles. The van der Waals surface area contributed by atoms with Gasteiger partial charge in [0, 0.05) is 0 Å². The van der Waals surface area contributed by atoms with Gasteiger partial charge in [0.15, 0.2) is 0 Å². The molecule has 0 aliphatic rings. The molecule has 0 bridgehead atoms. The number of aryl methyl sites for hydroxylation is 1. The van der Waals surface area contributed by atoms with Crippen molar-refractivity contribution < 1.29 is 14.6 Å². The fraction of sp³-hybridized carbons (Fsp3) is 0.650. The monoisotopic (exact) mass is 352 g/mol. The molecule has 1 rings (SSSR count). The van der Waals surface area contributed by atoms with Gasteiger partial charge >= 0.3 is 5.97 Å². The molecule has 0 fully saturated rings. The summed E-state index contributed by atoms with van der Waals surface area (Å²) in [6.07, 6.45) is 1.56. The van der Waals surface area contributed by atoms with E-state index in [4.69, 9.17) is 4.74 Å². The molecule has 1 aromatic carbocycles.